The van der Waals surface area contributed by atoms with Crippen molar-refractivity contribution in [2.75, 3.05) is 39.6 Å². The maximum Gasteiger partial charge on any atom is 0.329 e. The molecule has 0 rings (SSSR count). The monoisotopic (exact) mass is 1060 g/mol. The summed E-state index contributed by atoms with van der Waals surface area (Å²) in [7, 11) is -5.06. The first kappa shape index (κ1) is 69.8. The van der Waals surface area contributed by atoms with Crippen molar-refractivity contribution < 1.29 is 82.7 Å². The topological polar surface area (TPSA) is 116 Å². The molecule has 6 atom stereocenters. The largest absolute Gasteiger partial charge is 0.329 e. The van der Waals surface area contributed by atoms with Gasteiger partial charge in [-0.3, -0.25) is 0 Å². The van der Waals surface area contributed by atoms with Gasteiger partial charge in [0.1, 0.15) is 0 Å². The summed E-state index contributed by atoms with van der Waals surface area (Å²) < 4.78 is 32.9. The maximum atomic E-state index is 9.81. The average molecular weight is 1060 g/mol. The molecule has 0 amide bonds. The van der Waals surface area contributed by atoms with E-state index in [0.717, 1.165) is 38.5 Å². The fraction of sp³-hybridized carbons (Fsp3) is 1.00. The van der Waals surface area contributed by atoms with Gasteiger partial charge in [0.05, 0.1) is 39.6 Å². The molecule has 0 aromatic carbocycles. The molecular weight excluding hydrogens is 958 g/mol. The van der Waals surface area contributed by atoms with Crippen molar-refractivity contribution in [3.05, 3.63) is 0 Å². The number of rotatable bonds is 42. The van der Waals surface area contributed by atoms with Gasteiger partial charge >= 0.3 is 25.8 Å². The van der Waals surface area contributed by atoms with Crippen molar-refractivity contribution in [3.8, 4) is 0 Å². The average Bonchev–Trinajstić information content (AvgIpc) is 3.27. The zero-order valence-corrected chi connectivity index (χ0v) is 48.2. The summed E-state index contributed by atoms with van der Waals surface area (Å²) in [6.45, 7) is 30.1. The third kappa shape index (κ3) is 48.5. The summed E-state index contributed by atoms with van der Waals surface area (Å²) in [4.78, 5) is 29.4. The van der Waals surface area contributed by atoms with Crippen LogP contribution in [0.5, 0.6) is 0 Å². The molecule has 3 N–H and O–H groups in total. The van der Waals surface area contributed by atoms with E-state index in [2.05, 4.69) is 83.1 Å². The van der Waals surface area contributed by atoms with Crippen LogP contribution in [0, 0.1) is 76.3 Å². The summed E-state index contributed by atoms with van der Waals surface area (Å²) in [5.74, 6) is 3.32. The first-order valence-corrected chi connectivity index (χ1v) is 28.7. The molecule has 0 heterocycles. The molecule has 0 fully saturated rings. The van der Waals surface area contributed by atoms with Crippen LogP contribution in [0.15, 0.2) is 0 Å². The van der Waals surface area contributed by atoms with E-state index in [1.165, 1.54) is 116 Å². The Balaban J connectivity index is -0.000000396. The van der Waals surface area contributed by atoms with E-state index in [9.17, 15) is 14.7 Å². The van der Waals surface area contributed by atoms with E-state index in [4.69, 9.17) is 27.1 Å². The van der Waals surface area contributed by atoms with E-state index in [1.807, 2.05) is 0 Å². The second-order valence-electron chi connectivity index (χ2n) is 17.0. The molecule has 0 saturated heterocycles. The Labute approximate surface area is 417 Å². The Hall–Kier alpha value is 2.28. The van der Waals surface area contributed by atoms with Crippen LogP contribution in [0.4, 0.5) is 0 Å². The van der Waals surface area contributed by atoms with E-state index in [1.54, 1.807) is 0 Å². The molecule has 0 aromatic rings. The van der Waals surface area contributed by atoms with E-state index >= 15 is 0 Å². The molecule has 9 nitrogen and oxygen atoms in total. The van der Waals surface area contributed by atoms with Crippen LogP contribution in [0.1, 0.15) is 237 Å². The predicted octanol–water partition coefficient (Wildman–Crippen LogP) is 17.0. The Morgan fingerprint density at radius 2 is 0.410 bits per heavy atom. The number of hydrogen-bond acceptors (Lipinski definition) is 9. The normalized spacial score (nSPS) is 15.8. The van der Waals surface area contributed by atoms with Crippen LogP contribution in [0.25, 0.3) is 0 Å². The molecule has 0 radical (unpaired) electrons. The molecular formula is C48H105NdO9P3. The van der Waals surface area contributed by atoms with E-state index in [-0.39, 0.29) is 40.8 Å². The molecule has 0 aliphatic heterocycles. The van der Waals surface area contributed by atoms with Gasteiger partial charge in [-0.15, -0.1) is 0 Å². The summed E-state index contributed by atoms with van der Waals surface area (Å²) in [5, 5.41) is 0. The van der Waals surface area contributed by atoms with Crippen LogP contribution in [0.2, 0.25) is 0 Å². The summed E-state index contributed by atoms with van der Waals surface area (Å²) in [6, 6.07) is 0. The van der Waals surface area contributed by atoms with Gasteiger partial charge in [0, 0.05) is 40.8 Å². The Morgan fingerprint density at radius 3 is 0.508 bits per heavy atom. The fourth-order valence-corrected chi connectivity index (χ4v) is 8.77. The van der Waals surface area contributed by atoms with Crippen LogP contribution in [0.3, 0.4) is 0 Å². The minimum Gasteiger partial charge on any atom is -0.328 e. The Bertz CT molecular complexity index is 654. The van der Waals surface area contributed by atoms with Crippen molar-refractivity contribution in [3.63, 3.8) is 0 Å². The van der Waals surface area contributed by atoms with Gasteiger partial charge in [0.15, 0.2) is 0 Å². The third-order valence-corrected chi connectivity index (χ3v) is 14.0. The molecule has 61 heavy (non-hydrogen) atoms. The molecule has 6 unspecified atom stereocenters. The molecule has 0 aromatic heterocycles. The third-order valence-electron chi connectivity index (χ3n) is 11.8. The molecule has 370 valence electrons. The van der Waals surface area contributed by atoms with Gasteiger partial charge in [0.2, 0.25) is 0 Å². The first-order valence-electron chi connectivity index (χ1n) is 25.3. The number of unbranched alkanes of at least 4 members (excludes halogenated alkanes) is 6. The predicted molar refractivity (Wildman–Crippen MR) is 263 cm³/mol. The van der Waals surface area contributed by atoms with Gasteiger partial charge in [-0.1, -0.05) is 199 Å². The SMILES string of the molecule is CCCCC(CC)COP(O)OCC(CC)CCCC.CCCCC(CC)COP(O)OCC(CC)CCCC.CCCCC(CC)COP(O)OCC(CC)CCCC.[Nd]. The van der Waals surface area contributed by atoms with Crippen molar-refractivity contribution in [1.29, 1.82) is 0 Å². The first-order chi connectivity index (χ1) is 29.0. The van der Waals surface area contributed by atoms with E-state index < -0.39 is 25.8 Å². The second-order valence-corrected chi connectivity index (χ2v) is 20.0. The molecule has 13 heteroatoms. The summed E-state index contributed by atoms with van der Waals surface area (Å²) in [5.41, 5.74) is 0. The minimum absolute atomic E-state index is 0. The molecule has 0 spiro atoms. The zero-order valence-electron chi connectivity index (χ0n) is 42.3. The molecule has 0 aliphatic carbocycles. The van der Waals surface area contributed by atoms with Crippen molar-refractivity contribution >= 4 is 25.8 Å². The van der Waals surface area contributed by atoms with Crippen molar-refractivity contribution in [2.45, 2.75) is 237 Å². The zero-order chi connectivity index (χ0) is 45.7. The van der Waals surface area contributed by atoms with Crippen LogP contribution < -0.4 is 0 Å². The maximum absolute atomic E-state index is 9.81. The van der Waals surface area contributed by atoms with Crippen molar-refractivity contribution in [1.82, 2.24) is 0 Å². The van der Waals surface area contributed by atoms with Gasteiger partial charge in [-0.25, -0.2) is 0 Å². The van der Waals surface area contributed by atoms with Crippen molar-refractivity contribution in [2.24, 2.45) is 35.5 Å². The van der Waals surface area contributed by atoms with Crippen LogP contribution in [-0.4, -0.2) is 54.3 Å². The van der Waals surface area contributed by atoms with E-state index in [0.29, 0.717) is 75.1 Å². The van der Waals surface area contributed by atoms with Gasteiger partial charge in [-0.05, 0) is 74.0 Å². The van der Waals surface area contributed by atoms with Gasteiger partial charge in [-0.2, -0.15) is 0 Å². The quantitative estimate of drug-likeness (QED) is 0.0514. The van der Waals surface area contributed by atoms with Crippen LogP contribution >= 0.6 is 25.8 Å². The fourth-order valence-electron chi connectivity index (χ4n) is 6.52. The molecule has 0 aliphatic rings. The summed E-state index contributed by atoms with van der Waals surface area (Å²) >= 11 is 0. The standard InChI is InChI=1S/3C16H35O3P.Nd/c3*1-5-9-11-15(7-3)13-18-20(17)19-14-16(8-4)12-10-6-2;/h3*15-17H,5-14H2,1-4H3;. The Kier molecular flexibility index (Phi) is 62.8. The van der Waals surface area contributed by atoms with Gasteiger partial charge < -0.3 is 41.8 Å². The smallest absolute Gasteiger partial charge is 0.328 e. The number of hydrogen-bond donors (Lipinski definition) is 3. The second kappa shape index (κ2) is 54.9. The summed E-state index contributed by atoms with van der Waals surface area (Å²) in [6.07, 6.45) is 28.5. The van der Waals surface area contributed by atoms with Gasteiger partial charge in [0.25, 0.3) is 0 Å². The Morgan fingerprint density at radius 1 is 0.279 bits per heavy atom. The van der Waals surface area contributed by atoms with Crippen LogP contribution in [-0.2, 0) is 27.1 Å². The molecule has 0 saturated carbocycles. The minimum atomic E-state index is -1.69. The molecule has 0 bridgehead atoms.